The summed E-state index contributed by atoms with van der Waals surface area (Å²) in [4.78, 5) is 9.00. The molecule has 0 radical (unpaired) electrons. The van der Waals surface area contributed by atoms with Gasteiger partial charge in [0.05, 0.1) is 0 Å². The molecule has 0 aliphatic rings. The molecule has 0 aromatic carbocycles. The lowest BCUT2D eigenvalue weighted by molar-refractivity contribution is 0.256. The maximum Gasteiger partial charge on any atom is 0.309 e. The number of nitrogens with two attached hydrogens (primary N) is 2. The maximum atomic E-state index is 9.00. The van der Waals surface area contributed by atoms with E-state index in [1.807, 2.05) is 11.4 Å². The number of nitrogens with zero attached hydrogens (tertiary/aromatic N) is 1. The summed E-state index contributed by atoms with van der Waals surface area (Å²) in [5.41, 5.74) is 8.50. The van der Waals surface area contributed by atoms with Crippen molar-refractivity contribution >= 4 is 17.6 Å². The van der Waals surface area contributed by atoms with Gasteiger partial charge in [-0.25, -0.2) is 9.17 Å². The largest absolute Gasteiger partial charge is 0.352 e. The van der Waals surface area contributed by atoms with Crippen LogP contribution in [0.25, 0.3) is 0 Å². The molecule has 1 aromatic rings. The predicted octanol–water partition coefficient (Wildman–Crippen LogP) is 0.167. The third kappa shape index (κ3) is 10.9. The van der Waals surface area contributed by atoms with Crippen molar-refractivity contribution in [3.63, 3.8) is 0 Å². The molecule has 9 heavy (non-hydrogen) atoms. The first kappa shape index (κ1) is 7.90. The molecule has 2 amide bonds. The Morgan fingerprint density at radius 3 is 2.22 bits per heavy atom. The first-order valence-corrected chi connectivity index (χ1v) is 2.96. The van der Waals surface area contributed by atoms with Gasteiger partial charge in [-0.15, -0.1) is 0 Å². The van der Waals surface area contributed by atoms with Crippen LogP contribution in [0.4, 0.5) is 4.79 Å². The fourth-order valence-corrected chi connectivity index (χ4v) is 0.527. The predicted molar refractivity (Wildman–Crippen MR) is 35.9 cm³/mol. The van der Waals surface area contributed by atoms with Gasteiger partial charge in [0.1, 0.15) is 0 Å². The average molecular weight is 145 g/mol. The molecule has 1 rings (SSSR count). The van der Waals surface area contributed by atoms with Gasteiger partial charge in [-0.2, -0.15) is 0 Å². The molecule has 4 N–H and O–H groups in total. The highest BCUT2D eigenvalue weighted by Gasteiger charge is 1.60. The van der Waals surface area contributed by atoms with Crippen molar-refractivity contribution in [1.29, 1.82) is 0 Å². The summed E-state index contributed by atoms with van der Waals surface area (Å²) in [6.45, 7) is 0. The standard InChI is InChI=1S/C3H3NS.CH4N2O/c1-2-4-5-3-1;2-1(3)4/h1-3H;(H4,2,3,4). The second kappa shape index (κ2) is 5.04. The highest BCUT2D eigenvalue weighted by Crippen LogP contribution is 1.83. The van der Waals surface area contributed by atoms with E-state index >= 15 is 0 Å². The van der Waals surface area contributed by atoms with Crippen LogP contribution in [0.2, 0.25) is 0 Å². The Morgan fingerprint density at radius 2 is 2.11 bits per heavy atom. The molecule has 0 unspecified atom stereocenters. The van der Waals surface area contributed by atoms with Crippen molar-refractivity contribution in [2.24, 2.45) is 11.5 Å². The van der Waals surface area contributed by atoms with Crippen LogP contribution in [0.1, 0.15) is 0 Å². The monoisotopic (exact) mass is 145 g/mol. The smallest absolute Gasteiger partial charge is 0.309 e. The molecule has 0 saturated heterocycles. The number of carbonyl (C=O) groups excluding carboxylic acids is 1. The minimum Gasteiger partial charge on any atom is -0.352 e. The molecule has 50 valence electrons. The van der Waals surface area contributed by atoms with E-state index in [0.717, 1.165) is 0 Å². The zero-order valence-electron chi connectivity index (χ0n) is 4.65. The van der Waals surface area contributed by atoms with Crippen LogP contribution in [0, 0.1) is 0 Å². The topological polar surface area (TPSA) is 82.0 Å². The fourth-order valence-electron chi connectivity index (χ4n) is 0.176. The molecule has 1 heterocycles. The molecule has 5 heteroatoms. The minimum absolute atomic E-state index is 0.833. The van der Waals surface area contributed by atoms with E-state index in [4.69, 9.17) is 4.79 Å². The lowest BCUT2D eigenvalue weighted by Crippen LogP contribution is -2.18. The summed E-state index contributed by atoms with van der Waals surface area (Å²) in [7, 11) is 0. The first-order valence-electron chi connectivity index (χ1n) is 2.12. The number of amides is 2. The number of rotatable bonds is 0. The molecular formula is C4H7N3OS. The zero-order chi connectivity index (χ0) is 7.11. The van der Waals surface area contributed by atoms with E-state index in [1.165, 1.54) is 11.5 Å². The first-order chi connectivity index (χ1) is 4.23. The van der Waals surface area contributed by atoms with E-state index < -0.39 is 6.03 Å². The second-order valence-electron chi connectivity index (χ2n) is 1.09. The fraction of sp³-hybridized carbons (Fsp3) is 0. The van der Waals surface area contributed by atoms with Crippen LogP contribution in [-0.2, 0) is 0 Å². The average Bonchev–Trinajstić information content (AvgIpc) is 2.11. The van der Waals surface area contributed by atoms with Crippen molar-refractivity contribution in [2.45, 2.75) is 0 Å². The van der Waals surface area contributed by atoms with Crippen molar-refractivity contribution in [2.75, 3.05) is 0 Å². The van der Waals surface area contributed by atoms with E-state index in [0.29, 0.717) is 0 Å². The van der Waals surface area contributed by atoms with E-state index in [-0.39, 0.29) is 0 Å². The Hall–Kier alpha value is -1.10. The van der Waals surface area contributed by atoms with Crippen LogP contribution in [0.3, 0.4) is 0 Å². The van der Waals surface area contributed by atoms with Crippen LogP contribution in [0.5, 0.6) is 0 Å². The summed E-state index contributed by atoms with van der Waals surface area (Å²) in [5.74, 6) is 0. The van der Waals surface area contributed by atoms with Crippen LogP contribution >= 0.6 is 11.5 Å². The van der Waals surface area contributed by atoms with Gasteiger partial charge in [0.15, 0.2) is 0 Å². The highest BCUT2D eigenvalue weighted by molar-refractivity contribution is 7.03. The second-order valence-corrected chi connectivity index (χ2v) is 1.78. The molecule has 4 nitrogen and oxygen atoms in total. The van der Waals surface area contributed by atoms with E-state index in [1.54, 1.807) is 6.20 Å². The lowest BCUT2D eigenvalue weighted by Gasteiger charge is -1.62. The number of hydrogen-bond acceptors (Lipinski definition) is 3. The summed E-state index contributed by atoms with van der Waals surface area (Å²) in [6.07, 6.45) is 1.77. The quantitative estimate of drug-likeness (QED) is 0.545. The van der Waals surface area contributed by atoms with Gasteiger partial charge in [-0.1, -0.05) is 0 Å². The van der Waals surface area contributed by atoms with Crippen LogP contribution in [0.15, 0.2) is 17.6 Å². The number of hydrogen-bond donors (Lipinski definition) is 2. The minimum atomic E-state index is -0.833. The molecule has 0 aliphatic carbocycles. The van der Waals surface area contributed by atoms with Gasteiger partial charge < -0.3 is 11.5 Å². The summed E-state index contributed by atoms with van der Waals surface area (Å²) in [6, 6.07) is 1.07. The van der Waals surface area contributed by atoms with Crippen LogP contribution in [-0.4, -0.2) is 10.4 Å². The summed E-state index contributed by atoms with van der Waals surface area (Å²) >= 11 is 1.46. The molecule has 0 spiro atoms. The molecule has 0 aliphatic heterocycles. The van der Waals surface area contributed by atoms with Crippen molar-refractivity contribution < 1.29 is 4.79 Å². The lowest BCUT2D eigenvalue weighted by atomic mass is 10.8. The zero-order valence-corrected chi connectivity index (χ0v) is 5.47. The molecule has 0 fully saturated rings. The number of carbonyl (C=O) groups is 1. The maximum absolute atomic E-state index is 9.00. The van der Waals surface area contributed by atoms with E-state index in [9.17, 15) is 0 Å². The molecule has 0 bridgehead atoms. The van der Waals surface area contributed by atoms with Gasteiger partial charge in [-0.3, -0.25) is 0 Å². The Balaban J connectivity index is 0.000000148. The van der Waals surface area contributed by atoms with Gasteiger partial charge in [0.2, 0.25) is 0 Å². The van der Waals surface area contributed by atoms with E-state index in [2.05, 4.69) is 15.8 Å². The highest BCUT2D eigenvalue weighted by atomic mass is 32.1. The number of primary amides is 2. The normalized spacial score (nSPS) is 7.11. The summed E-state index contributed by atoms with van der Waals surface area (Å²) in [5, 5.41) is 1.93. The van der Waals surface area contributed by atoms with Gasteiger partial charge >= 0.3 is 6.03 Å². The third-order valence-electron chi connectivity index (χ3n) is 0.347. The number of aromatic nitrogens is 1. The third-order valence-corrected chi connectivity index (χ3v) is 0.869. The Morgan fingerprint density at radius 1 is 1.56 bits per heavy atom. The Kier molecular flexibility index (Phi) is 4.43. The van der Waals surface area contributed by atoms with Gasteiger partial charge in [0.25, 0.3) is 0 Å². The molecular weight excluding hydrogens is 138 g/mol. The van der Waals surface area contributed by atoms with Crippen LogP contribution < -0.4 is 11.5 Å². The van der Waals surface area contributed by atoms with Gasteiger partial charge in [-0.05, 0) is 17.6 Å². The van der Waals surface area contributed by atoms with Gasteiger partial charge in [0, 0.05) is 11.6 Å². The van der Waals surface area contributed by atoms with Crippen molar-refractivity contribution in [1.82, 2.24) is 4.37 Å². The SMILES string of the molecule is NC(N)=O.c1cnsc1. The van der Waals surface area contributed by atoms with Crippen molar-refractivity contribution in [3.05, 3.63) is 17.6 Å². The Bertz CT molecular complexity index is 130. The molecule has 1 aromatic heterocycles. The molecule has 0 saturated carbocycles. The number of urea groups is 1. The Labute approximate surface area is 56.6 Å². The summed E-state index contributed by atoms with van der Waals surface area (Å²) < 4.78 is 3.76. The van der Waals surface area contributed by atoms with Crippen molar-refractivity contribution in [3.8, 4) is 0 Å². The molecule has 0 atom stereocenters.